The number of alkyl halides is 3. The Labute approximate surface area is 151 Å². The van der Waals surface area contributed by atoms with E-state index in [0.29, 0.717) is 18.0 Å². The van der Waals surface area contributed by atoms with Gasteiger partial charge >= 0.3 is 6.18 Å². The number of carbonyl (C=O) groups excluding carboxylic acids is 1. The van der Waals surface area contributed by atoms with Gasteiger partial charge in [-0.2, -0.15) is 13.2 Å². The lowest BCUT2D eigenvalue weighted by Crippen LogP contribution is -2.49. The number of hydrogen-bond acceptors (Lipinski definition) is 3. The van der Waals surface area contributed by atoms with Crippen molar-refractivity contribution in [1.29, 1.82) is 0 Å². The molecule has 7 heteroatoms. The third-order valence-corrected chi connectivity index (χ3v) is 5.89. The first kappa shape index (κ1) is 17.8. The minimum absolute atomic E-state index is 0.0666. The first-order chi connectivity index (χ1) is 12.4. The van der Waals surface area contributed by atoms with Gasteiger partial charge in [0.2, 0.25) is 5.91 Å². The zero-order chi connectivity index (χ0) is 18.3. The van der Waals surface area contributed by atoms with Crippen LogP contribution in [-0.4, -0.2) is 61.0 Å². The largest absolute Gasteiger partial charge is 0.416 e. The fraction of sp³-hybridized carbons (Fsp3) is 0.632. The lowest BCUT2D eigenvalue weighted by Gasteiger charge is -2.32. The molecule has 1 aromatic carbocycles. The molecular weight excluding hydrogens is 343 g/mol. The summed E-state index contributed by atoms with van der Waals surface area (Å²) in [5.41, 5.74) is 0.00377. The molecule has 4 nitrogen and oxygen atoms in total. The van der Waals surface area contributed by atoms with E-state index in [1.807, 2.05) is 4.90 Å². The number of carbonyl (C=O) groups is 1. The summed E-state index contributed by atoms with van der Waals surface area (Å²) >= 11 is 0. The maximum atomic E-state index is 12.9. The van der Waals surface area contributed by atoms with E-state index < -0.39 is 11.7 Å². The van der Waals surface area contributed by atoms with Crippen LogP contribution in [0.3, 0.4) is 0 Å². The molecule has 1 aliphatic carbocycles. The van der Waals surface area contributed by atoms with Crippen molar-refractivity contribution in [1.82, 2.24) is 15.1 Å². The van der Waals surface area contributed by atoms with Crippen molar-refractivity contribution in [3.63, 3.8) is 0 Å². The summed E-state index contributed by atoms with van der Waals surface area (Å²) in [6.07, 6.45) is -2.68. The second-order valence-electron chi connectivity index (χ2n) is 7.58. The van der Waals surface area contributed by atoms with Gasteiger partial charge in [-0.1, -0.05) is 18.2 Å². The number of hydrogen-bond donors (Lipinski definition) is 1. The maximum absolute atomic E-state index is 12.9. The van der Waals surface area contributed by atoms with Crippen LogP contribution in [-0.2, 0) is 11.0 Å². The average Bonchev–Trinajstić information content (AvgIpc) is 3.29. The van der Waals surface area contributed by atoms with Gasteiger partial charge in [-0.05, 0) is 30.4 Å². The molecule has 3 aliphatic rings. The van der Waals surface area contributed by atoms with E-state index in [2.05, 4.69) is 10.2 Å². The predicted octanol–water partition coefficient (Wildman–Crippen LogP) is 2.32. The summed E-state index contributed by atoms with van der Waals surface area (Å²) in [6, 6.07) is 5.86. The molecule has 3 unspecified atom stereocenters. The van der Waals surface area contributed by atoms with Gasteiger partial charge in [0.05, 0.1) is 5.56 Å². The number of nitrogens with one attached hydrogen (secondary N) is 1. The Morgan fingerprint density at radius 2 is 1.92 bits per heavy atom. The minimum Gasteiger partial charge on any atom is -0.341 e. The standard InChI is InChI=1S/C19H24F3N3O/c20-19(21,22)14-3-1-2-13(10-14)16-11-17(16)18(26)25-7-4-15(12-25)24-8-5-23-6-9-24/h1-3,10,15-17,23H,4-9,11-12H2. The van der Waals surface area contributed by atoms with E-state index in [1.165, 1.54) is 12.1 Å². The van der Waals surface area contributed by atoms with Gasteiger partial charge in [0.25, 0.3) is 0 Å². The number of halogens is 3. The highest BCUT2D eigenvalue weighted by molar-refractivity contribution is 5.83. The molecule has 0 radical (unpaired) electrons. The van der Waals surface area contributed by atoms with Gasteiger partial charge < -0.3 is 10.2 Å². The smallest absolute Gasteiger partial charge is 0.341 e. The molecule has 0 bridgehead atoms. The summed E-state index contributed by atoms with van der Waals surface area (Å²) in [4.78, 5) is 17.1. The van der Waals surface area contributed by atoms with Crippen LogP contribution in [0.2, 0.25) is 0 Å². The van der Waals surface area contributed by atoms with E-state index >= 15 is 0 Å². The van der Waals surface area contributed by atoms with Crippen LogP contribution in [0.25, 0.3) is 0 Å². The fourth-order valence-electron chi connectivity index (χ4n) is 4.30. The topological polar surface area (TPSA) is 35.6 Å². The molecule has 0 aromatic heterocycles. The Morgan fingerprint density at radius 1 is 1.15 bits per heavy atom. The lowest BCUT2D eigenvalue weighted by molar-refractivity contribution is -0.137. The predicted molar refractivity (Wildman–Crippen MR) is 91.7 cm³/mol. The molecule has 1 amide bonds. The molecule has 1 saturated carbocycles. The number of rotatable bonds is 3. The molecule has 142 valence electrons. The maximum Gasteiger partial charge on any atom is 0.416 e. The van der Waals surface area contributed by atoms with Crippen molar-refractivity contribution in [2.45, 2.75) is 31.0 Å². The molecule has 26 heavy (non-hydrogen) atoms. The van der Waals surface area contributed by atoms with Gasteiger partial charge in [0, 0.05) is 51.2 Å². The normalized spacial score (nSPS) is 29.8. The number of piperazine rings is 1. The summed E-state index contributed by atoms with van der Waals surface area (Å²) in [7, 11) is 0. The van der Waals surface area contributed by atoms with Crippen LogP contribution in [0.5, 0.6) is 0 Å². The highest BCUT2D eigenvalue weighted by Crippen LogP contribution is 2.49. The van der Waals surface area contributed by atoms with Crippen molar-refractivity contribution in [2.75, 3.05) is 39.3 Å². The Bertz CT molecular complexity index is 672. The van der Waals surface area contributed by atoms with Crippen molar-refractivity contribution in [3.05, 3.63) is 35.4 Å². The van der Waals surface area contributed by atoms with Crippen molar-refractivity contribution < 1.29 is 18.0 Å². The lowest BCUT2D eigenvalue weighted by atomic mass is 10.1. The molecule has 4 rings (SSSR count). The van der Waals surface area contributed by atoms with Crippen molar-refractivity contribution >= 4 is 5.91 Å². The van der Waals surface area contributed by atoms with Crippen LogP contribution in [0, 0.1) is 5.92 Å². The van der Waals surface area contributed by atoms with E-state index in [-0.39, 0.29) is 17.7 Å². The van der Waals surface area contributed by atoms with E-state index in [0.717, 1.165) is 51.8 Å². The molecule has 2 aliphatic heterocycles. The number of likely N-dealkylation sites (tertiary alicyclic amines) is 1. The summed E-state index contributed by atoms with van der Waals surface area (Å²) < 4.78 is 38.7. The molecular formula is C19H24F3N3O. The zero-order valence-electron chi connectivity index (χ0n) is 14.6. The van der Waals surface area contributed by atoms with Crippen LogP contribution in [0.1, 0.15) is 29.9 Å². The van der Waals surface area contributed by atoms with Crippen LogP contribution >= 0.6 is 0 Å². The Hall–Kier alpha value is -1.60. The minimum atomic E-state index is -4.34. The summed E-state index contributed by atoms with van der Waals surface area (Å²) in [6.45, 7) is 5.53. The SMILES string of the molecule is O=C(C1CC1c1cccc(C(F)(F)F)c1)N1CCC(N2CCNCC2)C1. The van der Waals surface area contributed by atoms with Gasteiger partial charge in [-0.3, -0.25) is 9.69 Å². The number of benzene rings is 1. The average molecular weight is 367 g/mol. The first-order valence-corrected chi connectivity index (χ1v) is 9.34. The molecule has 3 atom stereocenters. The Kier molecular flexibility index (Phi) is 4.69. The highest BCUT2D eigenvalue weighted by Gasteiger charge is 2.47. The Balaban J connectivity index is 1.36. The highest BCUT2D eigenvalue weighted by atomic mass is 19.4. The van der Waals surface area contributed by atoms with Gasteiger partial charge in [-0.15, -0.1) is 0 Å². The quantitative estimate of drug-likeness (QED) is 0.891. The summed E-state index contributed by atoms with van der Waals surface area (Å²) in [5, 5.41) is 3.34. The molecule has 3 fully saturated rings. The van der Waals surface area contributed by atoms with E-state index in [1.54, 1.807) is 6.07 Å². The molecule has 1 aromatic rings. The molecule has 2 heterocycles. The van der Waals surface area contributed by atoms with Gasteiger partial charge in [-0.25, -0.2) is 0 Å². The third kappa shape index (κ3) is 3.60. The summed E-state index contributed by atoms with van der Waals surface area (Å²) in [5.74, 6) is -0.103. The van der Waals surface area contributed by atoms with E-state index in [4.69, 9.17) is 0 Å². The molecule has 1 N–H and O–H groups in total. The first-order valence-electron chi connectivity index (χ1n) is 9.34. The fourth-order valence-corrected chi connectivity index (χ4v) is 4.30. The second kappa shape index (κ2) is 6.85. The van der Waals surface area contributed by atoms with Crippen molar-refractivity contribution in [3.8, 4) is 0 Å². The van der Waals surface area contributed by atoms with Crippen LogP contribution < -0.4 is 5.32 Å². The molecule has 0 spiro atoms. The number of amides is 1. The van der Waals surface area contributed by atoms with Crippen molar-refractivity contribution in [2.24, 2.45) is 5.92 Å². The number of nitrogens with zero attached hydrogens (tertiary/aromatic N) is 2. The second-order valence-corrected chi connectivity index (χ2v) is 7.58. The van der Waals surface area contributed by atoms with Gasteiger partial charge in [0.1, 0.15) is 0 Å². The third-order valence-electron chi connectivity index (χ3n) is 5.89. The monoisotopic (exact) mass is 367 g/mol. The zero-order valence-corrected chi connectivity index (χ0v) is 14.6. The van der Waals surface area contributed by atoms with E-state index in [9.17, 15) is 18.0 Å². The molecule has 2 saturated heterocycles. The van der Waals surface area contributed by atoms with Crippen LogP contribution in [0.4, 0.5) is 13.2 Å². The Morgan fingerprint density at radius 3 is 2.65 bits per heavy atom. The van der Waals surface area contributed by atoms with Crippen LogP contribution in [0.15, 0.2) is 24.3 Å². The van der Waals surface area contributed by atoms with Gasteiger partial charge in [0.15, 0.2) is 0 Å².